The molecule has 4 fully saturated rings. The molecule has 14 atom stereocenters. The molecule has 0 unspecified atom stereocenters. The van der Waals surface area contributed by atoms with Gasteiger partial charge in [-0.25, -0.2) is 0 Å². The van der Waals surface area contributed by atoms with E-state index in [1.165, 1.54) is 37.7 Å². The van der Waals surface area contributed by atoms with Gasteiger partial charge in [0.2, 0.25) is 0 Å². The molecule has 0 amide bonds. The molecule has 0 aromatic carbocycles. The van der Waals surface area contributed by atoms with Crippen LogP contribution in [0.5, 0.6) is 0 Å². The van der Waals surface area contributed by atoms with Crippen molar-refractivity contribution in [3.05, 3.63) is 23.3 Å². The molecule has 0 aromatic heterocycles. The highest BCUT2D eigenvalue weighted by Crippen LogP contribution is 2.64. The fourth-order valence-corrected chi connectivity index (χ4v) is 9.87. The van der Waals surface area contributed by atoms with Gasteiger partial charge in [0.1, 0.15) is 24.4 Å². The molecule has 2 saturated carbocycles. The van der Waals surface area contributed by atoms with E-state index in [1.54, 1.807) is 5.57 Å². The van der Waals surface area contributed by atoms with Gasteiger partial charge in [0.25, 0.3) is 0 Å². The molecule has 7 nitrogen and oxygen atoms in total. The summed E-state index contributed by atoms with van der Waals surface area (Å²) in [6.45, 7) is 10.6. The van der Waals surface area contributed by atoms with Crippen molar-refractivity contribution in [1.29, 1.82) is 0 Å². The first-order valence-electron chi connectivity index (χ1n) is 16.2. The maximum atomic E-state index is 10.5. The summed E-state index contributed by atoms with van der Waals surface area (Å²) in [6, 6.07) is 0.632. The van der Waals surface area contributed by atoms with Crippen LogP contribution in [0, 0.1) is 40.4 Å². The van der Waals surface area contributed by atoms with Gasteiger partial charge < -0.3 is 35.2 Å². The predicted octanol–water partition coefficient (Wildman–Crippen LogP) is 3.69. The van der Waals surface area contributed by atoms with Crippen LogP contribution in [0.25, 0.3) is 0 Å². The van der Waals surface area contributed by atoms with Gasteiger partial charge in [0.15, 0.2) is 6.29 Å². The van der Waals surface area contributed by atoms with Crippen LogP contribution in [-0.4, -0.2) is 76.4 Å². The van der Waals surface area contributed by atoms with Crippen LogP contribution >= 0.6 is 0 Å². The fraction of sp³-hybridized carbons (Fsp3) is 0.879. The number of aliphatic hydroxyl groups is 4. The summed E-state index contributed by atoms with van der Waals surface area (Å²) in [4.78, 5) is 0. The van der Waals surface area contributed by atoms with Gasteiger partial charge in [-0.2, -0.15) is 0 Å². The molecular weight excluding hydrogens is 506 g/mol. The highest BCUT2D eigenvalue weighted by Gasteiger charge is 2.56. The average molecular weight is 560 g/mol. The molecule has 0 aromatic rings. The Balaban J connectivity index is 1.13. The molecule has 226 valence electrons. The molecule has 2 saturated heterocycles. The number of hydrogen-bond donors (Lipinski definition) is 5. The Morgan fingerprint density at radius 2 is 1.82 bits per heavy atom. The van der Waals surface area contributed by atoms with Gasteiger partial charge in [-0.15, -0.1) is 0 Å². The van der Waals surface area contributed by atoms with Crippen LogP contribution in [0.15, 0.2) is 23.3 Å². The quantitative estimate of drug-likeness (QED) is 0.327. The zero-order valence-electron chi connectivity index (χ0n) is 25.0. The molecule has 2 heterocycles. The topological polar surface area (TPSA) is 111 Å². The Labute approximate surface area is 240 Å². The van der Waals surface area contributed by atoms with E-state index in [2.05, 4.69) is 45.2 Å². The standard InChI is InChI=1S/C33H53NO6/c1-18-5-10-26(34-16-18)19(2)32(3)14-12-23-22-7-6-20-15-21(11-13-33(20,4)25(22)9-8-24(23)32)39-31-30(38)29(37)28(36)27(17-35)40-31/h6,8,18-19,21-23,25-31,34-38H,5,7,9-17H2,1-4H3/t18-,19+,21+,22+,23+,25+,26-,27+,28-,29-,30-,31+,32+,33+/m0/s1. The molecule has 6 aliphatic rings. The lowest BCUT2D eigenvalue weighted by Gasteiger charge is -2.55. The first-order valence-corrected chi connectivity index (χ1v) is 16.2. The minimum absolute atomic E-state index is 0.117. The van der Waals surface area contributed by atoms with Crippen molar-refractivity contribution in [1.82, 2.24) is 5.32 Å². The van der Waals surface area contributed by atoms with Crippen LogP contribution in [0.4, 0.5) is 0 Å². The van der Waals surface area contributed by atoms with Crippen molar-refractivity contribution in [2.24, 2.45) is 40.4 Å². The fourth-order valence-electron chi connectivity index (χ4n) is 9.87. The maximum Gasteiger partial charge on any atom is 0.186 e. The summed E-state index contributed by atoms with van der Waals surface area (Å²) in [5.74, 6) is 3.52. The van der Waals surface area contributed by atoms with Crippen molar-refractivity contribution in [3.63, 3.8) is 0 Å². The molecule has 5 N–H and O–H groups in total. The molecular formula is C33H53NO6. The molecule has 0 radical (unpaired) electrons. The number of aliphatic hydroxyl groups excluding tert-OH is 4. The van der Waals surface area contributed by atoms with Gasteiger partial charge in [-0.05, 0) is 105 Å². The van der Waals surface area contributed by atoms with E-state index < -0.39 is 37.3 Å². The van der Waals surface area contributed by atoms with Crippen LogP contribution < -0.4 is 5.32 Å². The van der Waals surface area contributed by atoms with Gasteiger partial charge >= 0.3 is 0 Å². The summed E-state index contributed by atoms with van der Waals surface area (Å²) in [7, 11) is 0. The zero-order valence-corrected chi connectivity index (χ0v) is 25.0. The highest BCUT2D eigenvalue weighted by atomic mass is 16.7. The second-order valence-electron chi connectivity index (χ2n) is 14.8. The molecule has 2 aliphatic heterocycles. The van der Waals surface area contributed by atoms with E-state index in [1.807, 2.05) is 0 Å². The maximum absolute atomic E-state index is 10.5. The van der Waals surface area contributed by atoms with E-state index in [0.717, 1.165) is 38.1 Å². The molecule has 0 bridgehead atoms. The third-order valence-corrected chi connectivity index (χ3v) is 12.8. The minimum Gasteiger partial charge on any atom is -0.394 e. The molecule has 40 heavy (non-hydrogen) atoms. The number of rotatable bonds is 5. The van der Waals surface area contributed by atoms with E-state index >= 15 is 0 Å². The number of nitrogens with one attached hydrogen (secondary N) is 1. The Morgan fingerprint density at radius 1 is 1.02 bits per heavy atom. The Morgan fingerprint density at radius 3 is 2.55 bits per heavy atom. The SMILES string of the molecule is C[C@H]1CC[C@@H]([C@@H](C)[C@@]2(C)CC[C@H]3C2=CC[C@@H]2[C@@H]3CC=C3C[C@H](O[C@@H]4O[C@H](CO)[C@H](O)[C@H](O)[C@@H]4O)CC[C@]32C)NC1. The molecule has 4 aliphatic carbocycles. The number of ether oxygens (including phenoxy) is 2. The normalized spacial score (nSPS) is 51.6. The van der Waals surface area contributed by atoms with E-state index in [9.17, 15) is 20.4 Å². The minimum atomic E-state index is -1.40. The highest BCUT2D eigenvalue weighted by molar-refractivity contribution is 5.33. The lowest BCUT2D eigenvalue weighted by Crippen LogP contribution is -2.60. The lowest BCUT2D eigenvalue weighted by atomic mass is 9.51. The van der Waals surface area contributed by atoms with Crippen molar-refractivity contribution in [3.8, 4) is 0 Å². The van der Waals surface area contributed by atoms with E-state index in [0.29, 0.717) is 35.1 Å². The number of hydrogen-bond acceptors (Lipinski definition) is 7. The summed E-state index contributed by atoms with van der Waals surface area (Å²) < 4.78 is 11.9. The number of piperidine rings is 1. The number of allylic oxidation sites excluding steroid dienone is 3. The first-order chi connectivity index (χ1) is 19.1. The van der Waals surface area contributed by atoms with Crippen molar-refractivity contribution in [2.45, 2.75) is 128 Å². The largest absolute Gasteiger partial charge is 0.394 e. The first kappa shape index (κ1) is 29.3. The summed E-state index contributed by atoms with van der Waals surface area (Å²) in [5, 5.41) is 44.2. The average Bonchev–Trinajstić information content (AvgIpc) is 3.31. The van der Waals surface area contributed by atoms with Crippen LogP contribution in [0.2, 0.25) is 0 Å². The Bertz CT molecular complexity index is 989. The van der Waals surface area contributed by atoms with Crippen LogP contribution in [0.3, 0.4) is 0 Å². The monoisotopic (exact) mass is 559 g/mol. The number of fused-ring (bicyclic) bond motifs is 5. The molecule has 6 rings (SSSR count). The van der Waals surface area contributed by atoms with E-state index in [4.69, 9.17) is 9.47 Å². The van der Waals surface area contributed by atoms with Gasteiger partial charge in [0, 0.05) is 6.04 Å². The Hall–Kier alpha value is -0.800. The van der Waals surface area contributed by atoms with Crippen molar-refractivity contribution < 1.29 is 29.9 Å². The van der Waals surface area contributed by atoms with E-state index in [-0.39, 0.29) is 11.5 Å². The van der Waals surface area contributed by atoms with Gasteiger partial charge in [-0.3, -0.25) is 0 Å². The van der Waals surface area contributed by atoms with Crippen LogP contribution in [-0.2, 0) is 9.47 Å². The second-order valence-corrected chi connectivity index (χ2v) is 14.8. The zero-order chi connectivity index (χ0) is 28.4. The third-order valence-electron chi connectivity index (χ3n) is 12.8. The van der Waals surface area contributed by atoms with Crippen LogP contribution in [0.1, 0.15) is 85.5 Å². The molecule has 7 heteroatoms. The van der Waals surface area contributed by atoms with Crippen molar-refractivity contribution in [2.75, 3.05) is 13.2 Å². The van der Waals surface area contributed by atoms with Gasteiger partial charge in [0.05, 0.1) is 12.7 Å². The Kier molecular flexibility index (Phi) is 8.08. The summed E-state index contributed by atoms with van der Waals surface area (Å²) >= 11 is 0. The predicted molar refractivity (Wildman–Crippen MR) is 153 cm³/mol. The summed E-state index contributed by atoms with van der Waals surface area (Å²) in [6.07, 6.45) is 9.25. The third kappa shape index (κ3) is 4.76. The lowest BCUT2D eigenvalue weighted by molar-refractivity contribution is -0.313. The smallest absolute Gasteiger partial charge is 0.186 e. The van der Waals surface area contributed by atoms with Crippen molar-refractivity contribution >= 4 is 0 Å². The van der Waals surface area contributed by atoms with Gasteiger partial charge in [-0.1, -0.05) is 51.0 Å². The molecule has 0 spiro atoms. The summed E-state index contributed by atoms with van der Waals surface area (Å²) in [5.41, 5.74) is 3.70. The second kappa shape index (κ2) is 11.0.